The zero-order valence-electron chi connectivity index (χ0n) is 14.8. The second-order valence-corrected chi connectivity index (χ2v) is 5.73. The molecule has 0 aliphatic rings. The standard InChI is InChI=1S/C18H34O2.Cd.Pb.2H/c1-2-3-4-5-6-7-8-9-10-11-12-13-14-15-16-17-18(19)20;;;;/h9-10H,2-8,11-17H2,1H3,(H,19,20);;;;/b10-9-;;;;. The summed E-state index contributed by atoms with van der Waals surface area (Å²) in [5.41, 5.74) is 0. The number of rotatable bonds is 15. The molecule has 0 aliphatic carbocycles. The second-order valence-electron chi connectivity index (χ2n) is 5.73. The number of carboxylic acid groups (broad SMARTS) is 1. The third-order valence-corrected chi connectivity index (χ3v) is 3.65. The molecule has 0 unspecified atom stereocenters. The van der Waals surface area contributed by atoms with Gasteiger partial charge in [-0.05, 0) is 32.1 Å². The van der Waals surface area contributed by atoms with Gasteiger partial charge in [-0.1, -0.05) is 70.4 Å². The van der Waals surface area contributed by atoms with Crippen LogP contribution in [0.25, 0.3) is 0 Å². The van der Waals surface area contributed by atoms with Crippen LogP contribution in [0.5, 0.6) is 0 Å². The van der Waals surface area contributed by atoms with Crippen molar-refractivity contribution in [3.05, 3.63) is 12.2 Å². The van der Waals surface area contributed by atoms with E-state index in [2.05, 4.69) is 19.1 Å². The van der Waals surface area contributed by atoms with Gasteiger partial charge in [-0.25, -0.2) is 0 Å². The number of carboxylic acids is 1. The van der Waals surface area contributed by atoms with Crippen molar-refractivity contribution < 1.29 is 37.2 Å². The Hall–Kier alpha value is 1.05. The topological polar surface area (TPSA) is 37.3 Å². The van der Waals surface area contributed by atoms with Crippen molar-refractivity contribution in [3.63, 3.8) is 0 Å². The van der Waals surface area contributed by atoms with Gasteiger partial charge < -0.3 is 5.11 Å². The number of hydrogen-bond acceptors (Lipinski definition) is 1. The summed E-state index contributed by atoms with van der Waals surface area (Å²) in [5.74, 6) is -0.664. The van der Waals surface area contributed by atoms with Crippen molar-refractivity contribution in [2.75, 3.05) is 0 Å². The normalized spacial score (nSPS) is 10.2. The zero-order chi connectivity index (χ0) is 14.9. The second kappa shape index (κ2) is 24.3. The molecule has 0 amide bonds. The van der Waals surface area contributed by atoms with Crippen LogP contribution in [-0.2, 0) is 32.1 Å². The van der Waals surface area contributed by atoms with Gasteiger partial charge in [0.05, 0.1) is 0 Å². The van der Waals surface area contributed by atoms with Gasteiger partial charge in [0, 0.05) is 33.7 Å². The van der Waals surface area contributed by atoms with Crippen LogP contribution >= 0.6 is 0 Å². The Morgan fingerprint density at radius 2 is 1.18 bits per heavy atom. The molecule has 0 aromatic carbocycles. The number of allylic oxidation sites excluding steroid dienone is 2. The minimum absolute atomic E-state index is 0. The molecule has 0 spiro atoms. The molecule has 0 saturated carbocycles. The Kier molecular flexibility index (Phi) is 30.8. The van der Waals surface area contributed by atoms with Gasteiger partial charge in [0.2, 0.25) is 0 Å². The van der Waals surface area contributed by atoms with Crippen LogP contribution in [0.15, 0.2) is 12.2 Å². The van der Waals surface area contributed by atoms with E-state index in [0.717, 1.165) is 12.8 Å². The van der Waals surface area contributed by atoms with E-state index >= 15 is 0 Å². The molecule has 0 rings (SSSR count). The van der Waals surface area contributed by atoms with Gasteiger partial charge in [0.1, 0.15) is 0 Å². The van der Waals surface area contributed by atoms with E-state index in [1.54, 1.807) is 0 Å². The first kappa shape index (κ1) is 27.9. The summed E-state index contributed by atoms with van der Waals surface area (Å²) in [7, 11) is 0. The predicted octanol–water partition coefficient (Wildman–Crippen LogP) is 5.19. The van der Waals surface area contributed by atoms with E-state index in [0.29, 0.717) is 6.42 Å². The fourth-order valence-electron chi connectivity index (χ4n) is 2.35. The molecule has 2 nitrogen and oxygen atoms in total. The molecule has 1 N–H and O–H groups in total. The van der Waals surface area contributed by atoms with Gasteiger partial charge in [-0.15, -0.1) is 0 Å². The first-order valence-electron chi connectivity index (χ1n) is 8.64. The van der Waals surface area contributed by atoms with Crippen LogP contribution in [-0.4, -0.2) is 38.4 Å². The third kappa shape index (κ3) is 26.0. The number of aliphatic carboxylic acids is 1. The molecule has 2 radical (unpaired) electrons. The van der Waals surface area contributed by atoms with Crippen LogP contribution in [0.2, 0.25) is 0 Å². The van der Waals surface area contributed by atoms with E-state index < -0.39 is 5.97 Å². The summed E-state index contributed by atoms with van der Waals surface area (Å²) in [6.45, 7) is 2.26. The molecular formula is C18H36CdO2Pb. The predicted molar refractivity (Wildman–Crippen MR) is 95.6 cm³/mol. The quantitative estimate of drug-likeness (QED) is 0.159. The molecule has 0 bridgehead atoms. The average Bonchev–Trinajstić information content (AvgIpc) is 2.43. The monoisotopic (exact) mass is 606 g/mol. The summed E-state index contributed by atoms with van der Waals surface area (Å²) in [6.07, 6.45) is 21.2. The van der Waals surface area contributed by atoms with Crippen LogP contribution in [0.4, 0.5) is 0 Å². The summed E-state index contributed by atoms with van der Waals surface area (Å²) in [5, 5.41) is 8.51. The first-order chi connectivity index (χ1) is 9.77. The van der Waals surface area contributed by atoms with Crippen molar-refractivity contribution in [3.8, 4) is 0 Å². The molecule has 0 aliphatic heterocycles. The molecule has 22 heavy (non-hydrogen) atoms. The summed E-state index contributed by atoms with van der Waals surface area (Å²) in [4.78, 5) is 10.3. The van der Waals surface area contributed by atoms with Gasteiger partial charge in [0.25, 0.3) is 0 Å². The fourth-order valence-corrected chi connectivity index (χ4v) is 2.35. The van der Waals surface area contributed by atoms with E-state index in [-0.39, 0.29) is 54.6 Å². The Morgan fingerprint density at radius 3 is 1.64 bits per heavy atom. The number of carbonyl (C=O) groups is 1. The molecule has 126 valence electrons. The SMILES string of the molecule is CCCCCCCC/C=C\CCCCCCCC(=O)O.[Cd].[PbH2]. The molecule has 0 fully saturated rings. The van der Waals surface area contributed by atoms with Crippen molar-refractivity contribution in [2.24, 2.45) is 0 Å². The molecule has 0 aromatic heterocycles. The van der Waals surface area contributed by atoms with Crippen LogP contribution in [0.1, 0.15) is 96.8 Å². The Morgan fingerprint density at radius 1 is 0.773 bits per heavy atom. The molecule has 0 aromatic rings. The maximum absolute atomic E-state index is 10.3. The van der Waals surface area contributed by atoms with Gasteiger partial charge in [0.15, 0.2) is 0 Å². The zero-order valence-corrected chi connectivity index (χ0v) is 24.4. The Bertz CT molecular complexity index is 245. The van der Waals surface area contributed by atoms with E-state index in [4.69, 9.17) is 5.11 Å². The Labute approximate surface area is 178 Å². The van der Waals surface area contributed by atoms with Crippen LogP contribution in [0.3, 0.4) is 0 Å². The fraction of sp³-hybridized carbons (Fsp3) is 0.833. The third-order valence-electron chi connectivity index (χ3n) is 3.65. The molecule has 4 heteroatoms. The average molecular weight is 604 g/mol. The summed E-state index contributed by atoms with van der Waals surface area (Å²) >= 11 is 0. The summed E-state index contributed by atoms with van der Waals surface area (Å²) in [6, 6.07) is 0. The van der Waals surface area contributed by atoms with E-state index in [1.165, 1.54) is 70.6 Å². The molecule has 0 heterocycles. The van der Waals surface area contributed by atoms with Crippen LogP contribution in [0, 0.1) is 0 Å². The number of hydrogen-bond donors (Lipinski definition) is 1. The van der Waals surface area contributed by atoms with E-state index in [9.17, 15) is 4.79 Å². The minimum atomic E-state index is -0.664. The van der Waals surface area contributed by atoms with Crippen molar-refractivity contribution in [1.82, 2.24) is 0 Å². The van der Waals surface area contributed by atoms with Gasteiger partial charge in [-0.3, -0.25) is 4.79 Å². The molecule has 0 atom stereocenters. The molecular weight excluding hydrogens is 568 g/mol. The van der Waals surface area contributed by atoms with Crippen molar-refractivity contribution in [1.29, 1.82) is 0 Å². The van der Waals surface area contributed by atoms with Crippen LogP contribution < -0.4 is 0 Å². The summed E-state index contributed by atoms with van der Waals surface area (Å²) < 4.78 is 0. The molecule has 0 saturated heterocycles. The van der Waals surface area contributed by atoms with Gasteiger partial charge >= 0.3 is 33.3 Å². The number of unbranched alkanes of at least 4 members (excludes halogenated alkanes) is 11. The Balaban J connectivity index is -0.00000180. The maximum atomic E-state index is 10.3. The van der Waals surface area contributed by atoms with Crippen molar-refractivity contribution >= 4 is 33.3 Å². The van der Waals surface area contributed by atoms with Crippen molar-refractivity contribution in [2.45, 2.75) is 96.8 Å². The van der Waals surface area contributed by atoms with E-state index in [1.807, 2.05) is 0 Å². The van der Waals surface area contributed by atoms with Gasteiger partial charge in [-0.2, -0.15) is 0 Å². The first-order valence-corrected chi connectivity index (χ1v) is 8.64.